The van der Waals surface area contributed by atoms with Gasteiger partial charge in [-0.1, -0.05) is 19.9 Å². The maximum Gasteiger partial charge on any atom is 0.0321 e. The van der Waals surface area contributed by atoms with Gasteiger partial charge in [-0.15, -0.1) is 11.8 Å². The number of thioether (sulfide) groups is 1. The molecular weight excluding hydrogens is 184 g/mol. The van der Waals surface area contributed by atoms with Crippen molar-refractivity contribution in [3.63, 3.8) is 0 Å². The van der Waals surface area contributed by atoms with Crippen LogP contribution in [0.1, 0.15) is 33.6 Å². The number of rotatable bonds is 2. The van der Waals surface area contributed by atoms with Crippen molar-refractivity contribution in [1.82, 2.24) is 0 Å². The minimum Gasteiger partial charge on any atom is -0.152 e. The second kappa shape index (κ2) is 4.10. The van der Waals surface area contributed by atoms with Crippen LogP contribution in [0.5, 0.6) is 0 Å². The molecule has 2 atom stereocenters. The molecule has 1 fully saturated rings. The molecule has 1 saturated heterocycles. The lowest BCUT2D eigenvalue weighted by Gasteiger charge is -2.20. The first-order valence-electron chi connectivity index (χ1n) is 4.57. The molecule has 0 aromatic carbocycles. The molecule has 0 aromatic heterocycles. The molecule has 1 rings (SSSR count). The lowest BCUT2D eigenvalue weighted by Crippen LogP contribution is -2.12. The van der Waals surface area contributed by atoms with Crippen LogP contribution in [0, 0.1) is 5.92 Å². The molecule has 70 valence electrons. The van der Waals surface area contributed by atoms with Crippen LogP contribution in [-0.2, 0) is 0 Å². The van der Waals surface area contributed by atoms with Gasteiger partial charge in [-0.05, 0) is 31.1 Å². The molecule has 0 radical (unpaired) electrons. The van der Waals surface area contributed by atoms with E-state index in [1.54, 1.807) is 0 Å². The molecule has 0 aliphatic carbocycles. The summed E-state index contributed by atoms with van der Waals surface area (Å²) in [5.41, 5.74) is 0. The Morgan fingerprint density at radius 3 is 2.67 bits per heavy atom. The van der Waals surface area contributed by atoms with Gasteiger partial charge in [0.1, 0.15) is 0 Å². The lowest BCUT2D eigenvalue weighted by atomic mass is 10.00. The Hall–Kier alpha value is 0.440. The van der Waals surface area contributed by atoms with E-state index in [9.17, 15) is 0 Å². The van der Waals surface area contributed by atoms with Crippen LogP contribution in [-0.4, -0.2) is 10.00 Å². The summed E-state index contributed by atoms with van der Waals surface area (Å²) in [6.07, 6.45) is 4.89. The third kappa shape index (κ3) is 2.46. The van der Waals surface area contributed by atoms with Crippen LogP contribution in [0.15, 0.2) is 11.5 Å². The molecule has 0 bridgehead atoms. The summed E-state index contributed by atoms with van der Waals surface area (Å²) in [4.78, 5) is 0. The molecule has 0 amide bonds. The van der Waals surface area contributed by atoms with E-state index in [1.165, 1.54) is 12.8 Å². The van der Waals surface area contributed by atoms with E-state index in [4.69, 9.17) is 0 Å². The van der Waals surface area contributed by atoms with Crippen molar-refractivity contribution in [1.29, 1.82) is 0 Å². The summed E-state index contributed by atoms with van der Waals surface area (Å²) < 4.78 is 0.358. The Balaban J connectivity index is 2.54. The smallest absolute Gasteiger partial charge is 0.0321 e. The van der Waals surface area contributed by atoms with Crippen LogP contribution < -0.4 is 0 Å². The van der Waals surface area contributed by atoms with E-state index < -0.39 is 0 Å². The molecule has 2 unspecified atom stereocenters. The molecule has 1 aliphatic heterocycles. The fraction of sp³-hybridized carbons (Fsp3) is 0.800. The van der Waals surface area contributed by atoms with Gasteiger partial charge in [-0.25, -0.2) is 0 Å². The van der Waals surface area contributed by atoms with Crippen molar-refractivity contribution in [2.24, 2.45) is 5.92 Å². The van der Waals surface area contributed by atoms with Crippen molar-refractivity contribution in [3.8, 4) is 0 Å². The van der Waals surface area contributed by atoms with Gasteiger partial charge < -0.3 is 0 Å². The molecule has 0 N–H and O–H groups in total. The zero-order valence-electron chi connectivity index (χ0n) is 8.08. The van der Waals surface area contributed by atoms with E-state index in [0.29, 0.717) is 4.75 Å². The third-order valence-electron chi connectivity index (χ3n) is 2.52. The van der Waals surface area contributed by atoms with Crippen LogP contribution >= 0.6 is 24.4 Å². The summed E-state index contributed by atoms with van der Waals surface area (Å²) in [7, 11) is 0. The van der Waals surface area contributed by atoms with Gasteiger partial charge in [0.05, 0.1) is 0 Å². The molecule has 1 aliphatic rings. The first-order chi connectivity index (χ1) is 5.57. The van der Waals surface area contributed by atoms with Crippen LogP contribution in [0.4, 0.5) is 0 Å². The van der Waals surface area contributed by atoms with Gasteiger partial charge in [0.15, 0.2) is 0 Å². The molecule has 0 saturated carbocycles. The Bertz CT molecular complexity index is 175. The van der Waals surface area contributed by atoms with Gasteiger partial charge in [0.25, 0.3) is 0 Å². The van der Waals surface area contributed by atoms with E-state index in [1.807, 2.05) is 5.41 Å². The fourth-order valence-electron chi connectivity index (χ4n) is 1.64. The van der Waals surface area contributed by atoms with Gasteiger partial charge in [0, 0.05) is 10.00 Å². The lowest BCUT2D eigenvalue weighted by molar-refractivity contribution is 0.569. The Labute approximate surface area is 85.6 Å². The van der Waals surface area contributed by atoms with Crippen molar-refractivity contribution >= 4 is 24.4 Å². The van der Waals surface area contributed by atoms with Gasteiger partial charge in [-0.3, -0.25) is 0 Å². The largest absolute Gasteiger partial charge is 0.152 e. The van der Waals surface area contributed by atoms with Crippen LogP contribution in [0.2, 0.25) is 0 Å². The highest BCUT2D eigenvalue weighted by Gasteiger charge is 2.34. The predicted octanol–water partition coefficient (Wildman–Crippen LogP) is 3.74. The van der Waals surface area contributed by atoms with Crippen molar-refractivity contribution < 1.29 is 0 Å². The Morgan fingerprint density at radius 1 is 1.58 bits per heavy atom. The van der Waals surface area contributed by atoms with Crippen LogP contribution in [0.3, 0.4) is 0 Å². The Morgan fingerprint density at radius 2 is 2.25 bits per heavy atom. The van der Waals surface area contributed by atoms with E-state index in [0.717, 1.165) is 11.2 Å². The Kier molecular flexibility index (Phi) is 3.59. The molecular formula is C10H18S2. The number of hydrogen-bond acceptors (Lipinski definition) is 2. The summed E-state index contributed by atoms with van der Waals surface area (Å²) in [6, 6.07) is 0. The quantitative estimate of drug-likeness (QED) is 0.666. The average Bonchev–Trinajstić information content (AvgIpc) is 2.33. The van der Waals surface area contributed by atoms with Crippen molar-refractivity contribution in [2.75, 3.05) is 0 Å². The van der Waals surface area contributed by atoms with Gasteiger partial charge in [0.2, 0.25) is 0 Å². The second-order valence-electron chi connectivity index (χ2n) is 4.07. The van der Waals surface area contributed by atoms with E-state index in [2.05, 4.69) is 51.2 Å². The number of thiol groups is 1. The summed E-state index contributed by atoms with van der Waals surface area (Å²) in [6.45, 7) is 6.94. The molecule has 0 spiro atoms. The second-order valence-corrected chi connectivity index (χ2v) is 6.14. The molecule has 2 heteroatoms. The normalized spacial score (nSPS) is 36.9. The summed E-state index contributed by atoms with van der Waals surface area (Å²) >= 11 is 6.25. The highest BCUT2D eigenvalue weighted by molar-refractivity contribution is 8.01. The topological polar surface area (TPSA) is 0 Å². The maximum absolute atomic E-state index is 4.14. The highest BCUT2D eigenvalue weighted by atomic mass is 32.2. The summed E-state index contributed by atoms with van der Waals surface area (Å²) in [5, 5.41) is 2.73. The summed E-state index contributed by atoms with van der Waals surface area (Å²) in [5.74, 6) is 0.810. The first kappa shape index (κ1) is 10.5. The average molecular weight is 202 g/mol. The molecule has 0 aromatic rings. The first-order valence-corrected chi connectivity index (χ1v) is 5.97. The van der Waals surface area contributed by atoms with E-state index in [-0.39, 0.29) is 0 Å². The van der Waals surface area contributed by atoms with Gasteiger partial charge >= 0.3 is 0 Å². The number of hydrogen-bond donors (Lipinski definition) is 1. The molecule has 0 nitrogen and oxygen atoms in total. The molecule has 12 heavy (non-hydrogen) atoms. The fourth-order valence-corrected chi connectivity index (χ4v) is 3.65. The predicted molar refractivity (Wildman–Crippen MR) is 62.0 cm³/mol. The van der Waals surface area contributed by atoms with Gasteiger partial charge in [-0.2, -0.15) is 12.6 Å². The molecule has 1 heterocycles. The zero-order valence-corrected chi connectivity index (χ0v) is 9.79. The monoisotopic (exact) mass is 202 g/mol. The maximum atomic E-state index is 4.14. The SMILES string of the molecule is CC(C)C1CCC(C)(/C=C\S)S1. The van der Waals surface area contributed by atoms with E-state index >= 15 is 0 Å². The zero-order chi connectivity index (χ0) is 9.19. The standard InChI is InChI=1S/C10H18S2/c1-8(2)9-4-5-10(3,12-9)6-7-11/h6-9,11H,4-5H2,1-3H3/b7-6-. The minimum absolute atomic E-state index is 0.358. The van der Waals surface area contributed by atoms with Crippen LogP contribution in [0.25, 0.3) is 0 Å². The van der Waals surface area contributed by atoms with Crippen molar-refractivity contribution in [2.45, 2.75) is 43.6 Å². The third-order valence-corrected chi connectivity index (χ3v) is 4.63. The van der Waals surface area contributed by atoms with Crippen molar-refractivity contribution in [3.05, 3.63) is 11.5 Å². The highest BCUT2D eigenvalue weighted by Crippen LogP contribution is 2.46. The minimum atomic E-state index is 0.358.